The van der Waals surface area contributed by atoms with Crippen LogP contribution in [0.3, 0.4) is 0 Å². The van der Waals surface area contributed by atoms with E-state index in [1.54, 1.807) is 12.1 Å². The number of benzene rings is 4. The quantitative estimate of drug-likeness (QED) is 0.290. The Labute approximate surface area is 217 Å². The number of carbonyl (C=O) groups excluding carboxylic acids is 1. The standard InChI is InChI=1S/C30H29NO5S/c1-22-12-16-27(17-13-22)37(34,35)29-19-26(32)15-14-25(29)18-28(31-20-23-8-4-2-5-9-23)30(33)36-21-24-10-6-3-7-11-24/h2-17,19,28,31-32H,18,20-21H2,1H3/t28-/m0/s1. The molecule has 2 N–H and O–H groups in total. The molecule has 0 bridgehead atoms. The van der Waals surface area contributed by atoms with E-state index in [-0.39, 0.29) is 28.6 Å². The Morgan fingerprint density at radius 1 is 0.865 bits per heavy atom. The van der Waals surface area contributed by atoms with Crippen molar-refractivity contribution in [2.45, 2.75) is 42.3 Å². The number of phenols is 1. The number of rotatable bonds is 10. The summed E-state index contributed by atoms with van der Waals surface area (Å²) < 4.78 is 32.6. The summed E-state index contributed by atoms with van der Waals surface area (Å²) in [7, 11) is -3.94. The third kappa shape index (κ3) is 6.84. The van der Waals surface area contributed by atoms with E-state index in [9.17, 15) is 18.3 Å². The first-order chi connectivity index (χ1) is 17.8. The Balaban J connectivity index is 1.62. The number of aromatic hydroxyl groups is 1. The first-order valence-electron chi connectivity index (χ1n) is 11.9. The number of aryl methyl sites for hydroxylation is 1. The highest BCUT2D eigenvalue weighted by molar-refractivity contribution is 7.91. The molecular formula is C30H29NO5S. The number of esters is 1. The van der Waals surface area contributed by atoms with Crippen LogP contribution >= 0.6 is 0 Å². The minimum atomic E-state index is -3.94. The maximum atomic E-state index is 13.5. The van der Waals surface area contributed by atoms with Crippen molar-refractivity contribution in [1.29, 1.82) is 0 Å². The Morgan fingerprint density at radius 2 is 1.49 bits per heavy atom. The van der Waals surface area contributed by atoms with Crippen molar-refractivity contribution >= 4 is 15.8 Å². The average Bonchev–Trinajstić information content (AvgIpc) is 2.91. The van der Waals surface area contributed by atoms with Gasteiger partial charge in [-0.25, -0.2) is 8.42 Å². The molecule has 0 unspecified atom stereocenters. The van der Waals surface area contributed by atoms with Crippen molar-refractivity contribution in [2.75, 3.05) is 0 Å². The lowest BCUT2D eigenvalue weighted by molar-refractivity contribution is -0.147. The lowest BCUT2D eigenvalue weighted by atomic mass is 10.0. The van der Waals surface area contributed by atoms with Crippen LogP contribution in [0, 0.1) is 6.92 Å². The van der Waals surface area contributed by atoms with Gasteiger partial charge in [-0.05, 0) is 54.3 Å². The number of nitrogens with one attached hydrogen (secondary N) is 1. The van der Waals surface area contributed by atoms with Crippen LogP contribution in [-0.4, -0.2) is 25.5 Å². The number of hydrogen-bond acceptors (Lipinski definition) is 6. The molecule has 0 amide bonds. The molecule has 4 rings (SSSR count). The first-order valence-corrected chi connectivity index (χ1v) is 13.4. The third-order valence-corrected chi connectivity index (χ3v) is 7.85. The topological polar surface area (TPSA) is 92.7 Å². The van der Waals surface area contributed by atoms with Gasteiger partial charge in [0.1, 0.15) is 18.4 Å². The van der Waals surface area contributed by atoms with Crippen molar-refractivity contribution in [3.05, 3.63) is 125 Å². The SMILES string of the molecule is Cc1ccc(S(=O)(=O)c2cc(O)ccc2C[C@H](NCc2ccccc2)C(=O)OCc2ccccc2)cc1. The van der Waals surface area contributed by atoms with Crippen LogP contribution in [0.2, 0.25) is 0 Å². The van der Waals surface area contributed by atoms with E-state index in [2.05, 4.69) is 5.32 Å². The zero-order valence-corrected chi connectivity index (χ0v) is 21.3. The summed E-state index contributed by atoms with van der Waals surface area (Å²) in [5, 5.41) is 13.4. The van der Waals surface area contributed by atoms with E-state index in [1.165, 1.54) is 30.3 Å². The number of phenolic OH excluding ortho intramolecular Hbond substituents is 1. The van der Waals surface area contributed by atoms with Crippen LogP contribution in [0.15, 0.2) is 113 Å². The molecule has 0 aliphatic carbocycles. The summed E-state index contributed by atoms with van der Waals surface area (Å²) in [5.74, 6) is -0.665. The second-order valence-electron chi connectivity index (χ2n) is 8.83. The number of ether oxygens (including phenoxy) is 1. The Kier molecular flexibility index (Phi) is 8.38. The molecule has 0 spiro atoms. The lowest BCUT2D eigenvalue weighted by Gasteiger charge is -2.20. The predicted molar refractivity (Wildman–Crippen MR) is 142 cm³/mol. The Morgan fingerprint density at radius 3 is 2.14 bits per heavy atom. The molecule has 0 fully saturated rings. The Bertz CT molecular complexity index is 1440. The maximum Gasteiger partial charge on any atom is 0.323 e. The summed E-state index contributed by atoms with van der Waals surface area (Å²) in [5.41, 5.74) is 3.16. The molecule has 0 radical (unpaired) electrons. The molecule has 0 saturated heterocycles. The van der Waals surface area contributed by atoms with Gasteiger partial charge < -0.3 is 15.2 Å². The molecule has 7 heteroatoms. The summed E-state index contributed by atoms with van der Waals surface area (Å²) in [6, 6.07) is 28.9. The van der Waals surface area contributed by atoms with Gasteiger partial charge in [0.2, 0.25) is 9.84 Å². The van der Waals surface area contributed by atoms with Crippen molar-refractivity contribution in [3.63, 3.8) is 0 Å². The van der Waals surface area contributed by atoms with Crippen molar-refractivity contribution in [2.24, 2.45) is 0 Å². The van der Waals surface area contributed by atoms with Crippen molar-refractivity contribution in [1.82, 2.24) is 5.32 Å². The zero-order chi connectivity index (χ0) is 26.3. The van der Waals surface area contributed by atoms with Gasteiger partial charge in [0.05, 0.1) is 9.79 Å². The average molecular weight is 516 g/mol. The van der Waals surface area contributed by atoms with Gasteiger partial charge in [0.25, 0.3) is 0 Å². The molecule has 4 aromatic carbocycles. The van der Waals surface area contributed by atoms with Crippen LogP contribution in [0.5, 0.6) is 5.75 Å². The molecule has 190 valence electrons. The van der Waals surface area contributed by atoms with Gasteiger partial charge in [-0.2, -0.15) is 0 Å². The highest BCUT2D eigenvalue weighted by atomic mass is 32.2. The highest BCUT2D eigenvalue weighted by Crippen LogP contribution is 2.29. The zero-order valence-electron chi connectivity index (χ0n) is 20.5. The molecule has 4 aromatic rings. The summed E-state index contributed by atoms with van der Waals surface area (Å²) >= 11 is 0. The fraction of sp³-hybridized carbons (Fsp3) is 0.167. The normalized spacial score (nSPS) is 12.1. The molecule has 37 heavy (non-hydrogen) atoms. The summed E-state index contributed by atoms with van der Waals surface area (Å²) in [6.45, 7) is 2.37. The van der Waals surface area contributed by atoms with Gasteiger partial charge in [-0.3, -0.25) is 4.79 Å². The molecule has 0 aliphatic heterocycles. The van der Waals surface area contributed by atoms with Gasteiger partial charge in [0.15, 0.2) is 0 Å². The van der Waals surface area contributed by atoms with Gasteiger partial charge >= 0.3 is 5.97 Å². The van der Waals surface area contributed by atoms with Crippen LogP contribution in [0.1, 0.15) is 22.3 Å². The van der Waals surface area contributed by atoms with E-state index >= 15 is 0 Å². The van der Waals surface area contributed by atoms with E-state index in [1.807, 2.05) is 67.6 Å². The molecule has 0 aliphatic rings. The largest absolute Gasteiger partial charge is 0.508 e. The minimum absolute atomic E-state index is 0.0428. The lowest BCUT2D eigenvalue weighted by Crippen LogP contribution is -2.39. The molecule has 0 aromatic heterocycles. The minimum Gasteiger partial charge on any atom is -0.508 e. The van der Waals surface area contributed by atoms with E-state index in [0.29, 0.717) is 12.1 Å². The Hall–Kier alpha value is -3.94. The van der Waals surface area contributed by atoms with Gasteiger partial charge in [-0.1, -0.05) is 84.4 Å². The van der Waals surface area contributed by atoms with E-state index in [4.69, 9.17) is 4.74 Å². The van der Waals surface area contributed by atoms with E-state index < -0.39 is 21.8 Å². The fourth-order valence-electron chi connectivity index (χ4n) is 3.93. The third-order valence-electron chi connectivity index (χ3n) is 6.00. The second kappa shape index (κ2) is 11.9. The van der Waals surface area contributed by atoms with Crippen LogP contribution in [-0.2, 0) is 38.9 Å². The highest BCUT2D eigenvalue weighted by Gasteiger charge is 2.27. The summed E-state index contributed by atoms with van der Waals surface area (Å²) in [4.78, 5) is 13.3. The van der Waals surface area contributed by atoms with Gasteiger partial charge in [0, 0.05) is 6.54 Å². The van der Waals surface area contributed by atoms with Crippen LogP contribution < -0.4 is 5.32 Å². The fourth-order valence-corrected chi connectivity index (χ4v) is 5.45. The molecule has 0 saturated carbocycles. The van der Waals surface area contributed by atoms with Gasteiger partial charge in [-0.15, -0.1) is 0 Å². The molecular weight excluding hydrogens is 486 g/mol. The number of hydrogen-bond donors (Lipinski definition) is 2. The summed E-state index contributed by atoms with van der Waals surface area (Å²) in [6.07, 6.45) is 0.0567. The first kappa shape index (κ1) is 26.1. The molecule has 0 heterocycles. The smallest absolute Gasteiger partial charge is 0.323 e. The molecule has 1 atom stereocenters. The van der Waals surface area contributed by atoms with Crippen molar-refractivity contribution < 1.29 is 23.1 Å². The number of sulfone groups is 1. The van der Waals surface area contributed by atoms with Crippen LogP contribution in [0.25, 0.3) is 0 Å². The monoisotopic (exact) mass is 515 g/mol. The number of carbonyl (C=O) groups is 1. The maximum absolute atomic E-state index is 13.5. The van der Waals surface area contributed by atoms with E-state index in [0.717, 1.165) is 16.7 Å². The van der Waals surface area contributed by atoms with Crippen molar-refractivity contribution in [3.8, 4) is 5.75 Å². The molecule has 6 nitrogen and oxygen atoms in total. The predicted octanol–water partition coefficient (Wildman–Crippen LogP) is 4.98. The van der Waals surface area contributed by atoms with Crippen LogP contribution in [0.4, 0.5) is 0 Å². The second-order valence-corrected chi connectivity index (χ2v) is 10.7.